The normalized spacial score (nSPS) is 25.6. The maximum atomic E-state index is 12.7. The Balaban J connectivity index is 1.86. The predicted molar refractivity (Wildman–Crippen MR) is 115 cm³/mol. The number of aliphatic hydroxyl groups is 1. The maximum Gasteiger partial charge on any atom is 0.338 e. The Labute approximate surface area is 185 Å². The van der Waals surface area contributed by atoms with E-state index < -0.39 is 41.8 Å². The first-order valence-corrected chi connectivity index (χ1v) is 11.2. The van der Waals surface area contributed by atoms with Gasteiger partial charge in [-0.3, -0.25) is 4.79 Å². The van der Waals surface area contributed by atoms with Crippen LogP contribution < -0.4 is 0 Å². The number of hydrogen-bond acceptors (Lipinski definition) is 8. The smallest absolute Gasteiger partial charge is 0.338 e. The Kier molecular flexibility index (Phi) is 8.48. The van der Waals surface area contributed by atoms with Gasteiger partial charge in [-0.05, 0) is 24.0 Å². The van der Waals surface area contributed by atoms with Gasteiger partial charge in [0.05, 0.1) is 18.8 Å². The van der Waals surface area contributed by atoms with Crippen molar-refractivity contribution >= 4 is 23.7 Å². The van der Waals surface area contributed by atoms with Crippen LogP contribution in [0.25, 0.3) is 0 Å². The van der Waals surface area contributed by atoms with Gasteiger partial charge >= 0.3 is 11.9 Å². The topological polar surface area (TPSA) is 91.3 Å². The van der Waals surface area contributed by atoms with E-state index >= 15 is 0 Å². The van der Waals surface area contributed by atoms with Crippen molar-refractivity contribution in [1.29, 1.82) is 0 Å². The van der Waals surface area contributed by atoms with Gasteiger partial charge < -0.3 is 24.1 Å². The Bertz CT molecular complexity index is 846. The average Bonchev–Trinajstić information content (AvgIpc) is 2.79. The van der Waals surface area contributed by atoms with Crippen molar-refractivity contribution in [1.82, 2.24) is 0 Å². The van der Waals surface area contributed by atoms with Crippen LogP contribution in [0.2, 0.25) is 0 Å². The highest BCUT2D eigenvalue weighted by atomic mass is 32.2. The van der Waals surface area contributed by atoms with Crippen LogP contribution in [0.1, 0.15) is 22.8 Å². The lowest BCUT2D eigenvalue weighted by molar-refractivity contribution is -0.234. The van der Waals surface area contributed by atoms with E-state index in [9.17, 15) is 14.7 Å². The molecule has 0 amide bonds. The summed E-state index contributed by atoms with van der Waals surface area (Å²) in [7, 11) is 0. The molecule has 0 bridgehead atoms. The lowest BCUT2D eigenvalue weighted by Gasteiger charge is -2.44. The van der Waals surface area contributed by atoms with Crippen molar-refractivity contribution in [3.05, 3.63) is 71.8 Å². The molecule has 0 unspecified atom stereocenters. The lowest BCUT2D eigenvalue weighted by atomic mass is 9.99. The summed E-state index contributed by atoms with van der Waals surface area (Å²) in [5, 5.41) is 9.91. The fourth-order valence-corrected chi connectivity index (χ4v) is 4.13. The monoisotopic (exact) mass is 446 g/mol. The largest absolute Gasteiger partial charge is 0.456 e. The first kappa shape index (κ1) is 23.3. The lowest BCUT2D eigenvalue weighted by Crippen LogP contribution is -2.61. The number of ether oxygens (including phenoxy) is 4. The molecule has 0 aromatic heterocycles. The van der Waals surface area contributed by atoms with E-state index in [0.717, 1.165) is 5.56 Å². The molecule has 2 aromatic carbocycles. The molecule has 1 saturated heterocycles. The van der Waals surface area contributed by atoms with Crippen LogP contribution in [0.5, 0.6) is 0 Å². The molecule has 0 saturated carbocycles. The summed E-state index contributed by atoms with van der Waals surface area (Å²) in [6.45, 7) is 1.15. The zero-order valence-corrected chi connectivity index (χ0v) is 18.2. The van der Waals surface area contributed by atoms with Crippen molar-refractivity contribution in [2.24, 2.45) is 0 Å². The number of hydrogen-bond donors (Lipinski definition) is 1. The third-order valence-corrected chi connectivity index (χ3v) is 5.69. The first-order valence-electron chi connectivity index (χ1n) is 9.91. The van der Waals surface area contributed by atoms with Gasteiger partial charge in [0.15, 0.2) is 12.2 Å². The van der Waals surface area contributed by atoms with Gasteiger partial charge in [-0.1, -0.05) is 48.5 Å². The molecule has 31 heavy (non-hydrogen) atoms. The molecule has 1 aliphatic heterocycles. The fraction of sp³-hybridized carbons (Fsp3) is 0.391. The Morgan fingerprint density at radius 1 is 0.968 bits per heavy atom. The molecule has 8 heteroatoms. The van der Waals surface area contributed by atoms with Gasteiger partial charge in [-0.25, -0.2) is 4.79 Å². The summed E-state index contributed by atoms with van der Waals surface area (Å²) >= 11 is 1.30. The van der Waals surface area contributed by atoms with E-state index in [1.54, 1.807) is 36.6 Å². The van der Waals surface area contributed by atoms with Crippen LogP contribution in [0.3, 0.4) is 0 Å². The van der Waals surface area contributed by atoms with Crippen molar-refractivity contribution in [2.45, 2.75) is 43.4 Å². The minimum atomic E-state index is -0.947. The van der Waals surface area contributed by atoms with E-state index in [1.807, 2.05) is 30.3 Å². The fourth-order valence-electron chi connectivity index (χ4n) is 3.40. The summed E-state index contributed by atoms with van der Waals surface area (Å²) in [6.07, 6.45) is -1.66. The standard InChI is InChI=1S/C23H26O7S/c1-15(25)28-20-19(27-14-16-9-5-3-6-10-16)18(13-24)29-23(31-2)21(20)30-22(26)17-11-7-4-8-12-17/h3-12,18-21,23-24H,13-14H2,1-2H3/t18-,19-,20+,21-,23+/m1/s1. The molecule has 1 fully saturated rings. The van der Waals surface area contributed by atoms with Gasteiger partial charge in [0.2, 0.25) is 0 Å². The second-order valence-corrected chi connectivity index (χ2v) is 7.97. The van der Waals surface area contributed by atoms with E-state index in [1.165, 1.54) is 18.7 Å². The third-order valence-electron chi connectivity index (χ3n) is 4.84. The number of carbonyl (C=O) groups excluding carboxylic acids is 2. The summed E-state index contributed by atoms with van der Waals surface area (Å²) < 4.78 is 23.3. The highest BCUT2D eigenvalue weighted by Gasteiger charge is 2.50. The molecular formula is C23H26O7S. The quantitative estimate of drug-likeness (QED) is 0.619. The van der Waals surface area contributed by atoms with Gasteiger partial charge in [-0.15, -0.1) is 11.8 Å². The van der Waals surface area contributed by atoms with E-state index in [0.29, 0.717) is 5.56 Å². The van der Waals surface area contributed by atoms with Crippen LogP contribution >= 0.6 is 11.8 Å². The number of thioether (sulfide) groups is 1. The summed E-state index contributed by atoms with van der Waals surface area (Å²) in [6, 6.07) is 18.0. The molecule has 0 spiro atoms. The Morgan fingerprint density at radius 2 is 1.61 bits per heavy atom. The third kappa shape index (κ3) is 6.07. The van der Waals surface area contributed by atoms with Crippen molar-refractivity contribution in [2.75, 3.05) is 12.9 Å². The molecule has 5 atom stereocenters. The molecule has 3 rings (SSSR count). The van der Waals surface area contributed by atoms with Crippen LogP contribution in [0, 0.1) is 0 Å². The number of carbonyl (C=O) groups is 2. The van der Waals surface area contributed by atoms with Crippen molar-refractivity contribution in [3.8, 4) is 0 Å². The maximum absolute atomic E-state index is 12.7. The van der Waals surface area contributed by atoms with Gasteiger partial charge in [-0.2, -0.15) is 0 Å². The second-order valence-electron chi connectivity index (χ2n) is 7.03. The van der Waals surface area contributed by atoms with E-state index in [4.69, 9.17) is 18.9 Å². The van der Waals surface area contributed by atoms with Crippen LogP contribution in [0.4, 0.5) is 0 Å². The summed E-state index contributed by atoms with van der Waals surface area (Å²) in [4.78, 5) is 24.6. The van der Waals surface area contributed by atoms with Crippen LogP contribution in [-0.4, -0.2) is 59.8 Å². The second kappa shape index (κ2) is 11.3. The molecule has 1 N–H and O–H groups in total. The molecule has 0 aliphatic carbocycles. The highest BCUT2D eigenvalue weighted by molar-refractivity contribution is 7.99. The van der Waals surface area contributed by atoms with Crippen molar-refractivity contribution in [3.63, 3.8) is 0 Å². The molecular weight excluding hydrogens is 420 g/mol. The summed E-state index contributed by atoms with van der Waals surface area (Å²) in [5.41, 5.74) is 0.631. The van der Waals surface area contributed by atoms with Gasteiger partial charge in [0.25, 0.3) is 0 Å². The molecule has 2 aromatic rings. The minimum Gasteiger partial charge on any atom is -0.456 e. The van der Waals surface area contributed by atoms with Gasteiger partial charge in [0, 0.05) is 6.92 Å². The number of aliphatic hydroxyl groups excluding tert-OH is 1. The Hall–Kier alpha value is -2.39. The number of rotatable bonds is 8. The van der Waals surface area contributed by atoms with E-state index in [-0.39, 0.29) is 13.2 Å². The minimum absolute atomic E-state index is 0.215. The first-order chi connectivity index (χ1) is 15.0. The molecule has 7 nitrogen and oxygen atoms in total. The molecule has 1 aliphatic rings. The predicted octanol–water partition coefficient (Wildman–Crippen LogP) is 2.81. The van der Waals surface area contributed by atoms with Crippen LogP contribution in [-0.2, 0) is 30.3 Å². The average molecular weight is 447 g/mol. The van der Waals surface area contributed by atoms with Crippen LogP contribution in [0.15, 0.2) is 60.7 Å². The van der Waals surface area contributed by atoms with E-state index in [2.05, 4.69) is 0 Å². The Morgan fingerprint density at radius 3 is 2.19 bits per heavy atom. The summed E-state index contributed by atoms with van der Waals surface area (Å²) in [5.74, 6) is -1.10. The van der Waals surface area contributed by atoms with Crippen molar-refractivity contribution < 1.29 is 33.6 Å². The zero-order chi connectivity index (χ0) is 22.2. The number of benzene rings is 2. The molecule has 166 valence electrons. The molecule has 1 heterocycles. The SMILES string of the molecule is CS[C@@H]1O[C@H](CO)[C@@H](OCc2ccccc2)[C@H](OC(C)=O)[C@H]1OC(=O)c1ccccc1. The van der Waals surface area contributed by atoms with Gasteiger partial charge in [0.1, 0.15) is 17.6 Å². The number of esters is 2. The zero-order valence-electron chi connectivity index (χ0n) is 17.4. The molecule has 0 radical (unpaired) electrons. The highest BCUT2D eigenvalue weighted by Crippen LogP contribution is 2.33.